The van der Waals surface area contributed by atoms with Gasteiger partial charge in [0.15, 0.2) is 5.78 Å². The third-order valence-electron chi connectivity index (χ3n) is 4.18. The second kappa shape index (κ2) is 7.78. The van der Waals surface area contributed by atoms with Crippen molar-refractivity contribution >= 4 is 29.0 Å². The van der Waals surface area contributed by atoms with Gasteiger partial charge in [-0.3, -0.25) is 9.59 Å². The molecule has 0 bridgehead atoms. The fourth-order valence-electron chi connectivity index (χ4n) is 2.62. The lowest BCUT2D eigenvalue weighted by Crippen LogP contribution is -2.14. The molecule has 0 atom stereocenters. The Bertz CT molecular complexity index is 960. The van der Waals surface area contributed by atoms with E-state index in [0.717, 1.165) is 22.5 Å². The molecule has 1 amide bonds. The molecule has 0 fully saturated rings. The molecule has 136 valence electrons. The van der Waals surface area contributed by atoms with Gasteiger partial charge in [-0.2, -0.15) is 0 Å². The number of nitrogens with one attached hydrogen (secondary N) is 2. The highest BCUT2D eigenvalue weighted by Crippen LogP contribution is 2.20. The molecule has 0 spiro atoms. The number of benzene rings is 2. The van der Waals surface area contributed by atoms with Crippen molar-refractivity contribution in [1.82, 2.24) is 9.97 Å². The fourth-order valence-corrected chi connectivity index (χ4v) is 2.62. The van der Waals surface area contributed by atoms with Crippen LogP contribution in [-0.4, -0.2) is 21.7 Å². The number of nitrogens with zero attached hydrogens (tertiary/aromatic N) is 2. The Labute approximate surface area is 157 Å². The summed E-state index contributed by atoms with van der Waals surface area (Å²) in [5.74, 6) is 0.121. The number of Topliss-reactive ketones (excluding diaryl/α,β-unsaturated/α-hetero) is 1. The highest BCUT2D eigenvalue weighted by molar-refractivity contribution is 6.04. The molecule has 0 saturated heterocycles. The van der Waals surface area contributed by atoms with Crippen LogP contribution in [0.15, 0.2) is 54.9 Å². The van der Waals surface area contributed by atoms with Crippen LogP contribution < -0.4 is 10.6 Å². The molecule has 0 unspecified atom stereocenters. The van der Waals surface area contributed by atoms with Gasteiger partial charge < -0.3 is 10.6 Å². The smallest absolute Gasteiger partial charge is 0.258 e. The van der Waals surface area contributed by atoms with Crippen LogP contribution in [0.3, 0.4) is 0 Å². The third-order valence-corrected chi connectivity index (χ3v) is 4.18. The van der Waals surface area contributed by atoms with E-state index in [0.29, 0.717) is 17.1 Å². The van der Waals surface area contributed by atoms with Crippen LogP contribution in [0.5, 0.6) is 0 Å². The largest absolute Gasteiger partial charge is 0.324 e. The number of ketones is 1. The minimum atomic E-state index is -0.259. The molecule has 0 radical (unpaired) electrons. The maximum atomic E-state index is 12.4. The molecule has 1 aromatic heterocycles. The van der Waals surface area contributed by atoms with E-state index in [2.05, 4.69) is 20.6 Å². The average molecular weight is 360 g/mol. The maximum absolute atomic E-state index is 12.4. The van der Waals surface area contributed by atoms with E-state index < -0.39 is 0 Å². The van der Waals surface area contributed by atoms with E-state index in [4.69, 9.17) is 0 Å². The van der Waals surface area contributed by atoms with Crippen molar-refractivity contribution in [1.29, 1.82) is 0 Å². The number of hydrogen-bond donors (Lipinski definition) is 2. The zero-order valence-electron chi connectivity index (χ0n) is 15.4. The highest BCUT2D eigenvalue weighted by Gasteiger charge is 2.11. The first kappa shape index (κ1) is 18.3. The Balaban J connectivity index is 1.69. The minimum Gasteiger partial charge on any atom is -0.324 e. The quantitative estimate of drug-likeness (QED) is 0.663. The monoisotopic (exact) mass is 360 g/mol. The van der Waals surface area contributed by atoms with E-state index >= 15 is 0 Å². The fraction of sp³-hybridized carbons (Fsp3) is 0.143. The molecule has 6 nitrogen and oxygen atoms in total. The minimum absolute atomic E-state index is 0.0112. The van der Waals surface area contributed by atoms with Gasteiger partial charge in [-0.05, 0) is 56.2 Å². The van der Waals surface area contributed by atoms with Crippen LogP contribution in [0.2, 0.25) is 0 Å². The third kappa shape index (κ3) is 4.36. The molecule has 3 aromatic rings. The van der Waals surface area contributed by atoms with Gasteiger partial charge >= 0.3 is 0 Å². The number of carbonyl (C=O) groups excluding carboxylic acids is 2. The summed E-state index contributed by atoms with van der Waals surface area (Å²) in [7, 11) is 0. The summed E-state index contributed by atoms with van der Waals surface area (Å²) in [5, 5.41) is 5.95. The Morgan fingerprint density at radius 1 is 0.852 bits per heavy atom. The van der Waals surface area contributed by atoms with Crippen LogP contribution in [0, 0.1) is 13.8 Å². The van der Waals surface area contributed by atoms with E-state index in [1.54, 1.807) is 24.3 Å². The van der Waals surface area contributed by atoms with Gasteiger partial charge in [0.1, 0.15) is 0 Å². The number of aryl methyl sites for hydroxylation is 2. The molecular formula is C21H20N4O2. The Morgan fingerprint density at radius 3 is 2.00 bits per heavy atom. The number of amides is 1. The topological polar surface area (TPSA) is 84.0 Å². The first-order valence-corrected chi connectivity index (χ1v) is 8.51. The van der Waals surface area contributed by atoms with Crippen molar-refractivity contribution in [2.24, 2.45) is 0 Å². The Morgan fingerprint density at radius 2 is 1.44 bits per heavy atom. The SMILES string of the molecule is CC(=O)c1ccc(Nc2ncc(C(=O)Nc3c(C)cccc3C)cn2)cc1. The van der Waals surface area contributed by atoms with E-state index in [-0.39, 0.29) is 11.7 Å². The standard InChI is InChI=1S/C21H20N4O2/c1-13-5-4-6-14(2)19(13)25-20(27)17-11-22-21(23-12-17)24-18-9-7-16(8-10-18)15(3)26/h4-12H,1-3H3,(H,25,27)(H,22,23,24). The van der Waals surface area contributed by atoms with Gasteiger partial charge in [0.2, 0.25) is 5.95 Å². The van der Waals surface area contributed by atoms with Crippen LogP contribution in [0.1, 0.15) is 38.8 Å². The second-order valence-corrected chi connectivity index (χ2v) is 6.27. The zero-order valence-corrected chi connectivity index (χ0v) is 15.4. The molecule has 2 N–H and O–H groups in total. The maximum Gasteiger partial charge on any atom is 0.258 e. The summed E-state index contributed by atoms with van der Waals surface area (Å²) in [6.45, 7) is 5.42. The number of anilines is 3. The van der Waals surface area contributed by atoms with Crippen molar-refractivity contribution in [3.63, 3.8) is 0 Å². The van der Waals surface area contributed by atoms with Crippen molar-refractivity contribution in [3.05, 3.63) is 77.1 Å². The van der Waals surface area contributed by atoms with Crippen molar-refractivity contribution < 1.29 is 9.59 Å². The molecule has 1 heterocycles. The summed E-state index contributed by atoms with van der Waals surface area (Å²) in [6.07, 6.45) is 2.95. The first-order chi connectivity index (χ1) is 12.9. The normalized spacial score (nSPS) is 10.3. The molecule has 2 aromatic carbocycles. The predicted molar refractivity (Wildman–Crippen MR) is 106 cm³/mol. The van der Waals surface area contributed by atoms with Gasteiger partial charge in [0, 0.05) is 29.3 Å². The number of aromatic nitrogens is 2. The molecule has 0 aliphatic heterocycles. The van der Waals surface area contributed by atoms with Crippen LogP contribution in [-0.2, 0) is 0 Å². The number of rotatable bonds is 5. The van der Waals surface area contributed by atoms with Crippen LogP contribution >= 0.6 is 0 Å². The van der Waals surface area contributed by atoms with Crippen molar-refractivity contribution in [3.8, 4) is 0 Å². The molecule has 0 aliphatic carbocycles. The second-order valence-electron chi connectivity index (χ2n) is 6.27. The van der Waals surface area contributed by atoms with Crippen LogP contribution in [0.25, 0.3) is 0 Å². The molecular weight excluding hydrogens is 340 g/mol. The summed E-state index contributed by atoms with van der Waals surface area (Å²) in [5.41, 5.74) is 4.56. The Hall–Kier alpha value is -3.54. The summed E-state index contributed by atoms with van der Waals surface area (Å²) >= 11 is 0. The lowest BCUT2D eigenvalue weighted by atomic mass is 10.1. The van der Waals surface area contributed by atoms with Crippen LogP contribution in [0.4, 0.5) is 17.3 Å². The van der Waals surface area contributed by atoms with Crippen molar-refractivity contribution in [2.45, 2.75) is 20.8 Å². The van der Waals surface area contributed by atoms with Gasteiger partial charge in [-0.25, -0.2) is 9.97 Å². The zero-order chi connectivity index (χ0) is 19.4. The summed E-state index contributed by atoms with van der Waals surface area (Å²) in [4.78, 5) is 32.1. The number of hydrogen-bond acceptors (Lipinski definition) is 5. The lowest BCUT2D eigenvalue weighted by molar-refractivity contribution is 0.101. The van der Waals surface area contributed by atoms with E-state index in [1.807, 2.05) is 32.0 Å². The van der Waals surface area contributed by atoms with Gasteiger partial charge in [0.05, 0.1) is 5.56 Å². The molecule has 0 saturated carbocycles. The highest BCUT2D eigenvalue weighted by atomic mass is 16.1. The molecule has 27 heavy (non-hydrogen) atoms. The van der Waals surface area contributed by atoms with E-state index in [9.17, 15) is 9.59 Å². The van der Waals surface area contributed by atoms with Crippen molar-refractivity contribution in [2.75, 3.05) is 10.6 Å². The van der Waals surface area contributed by atoms with E-state index in [1.165, 1.54) is 19.3 Å². The Kier molecular flexibility index (Phi) is 5.26. The predicted octanol–water partition coefficient (Wildman–Crippen LogP) is 4.29. The summed E-state index contributed by atoms with van der Waals surface area (Å²) in [6, 6.07) is 12.9. The molecule has 6 heteroatoms. The average Bonchev–Trinajstić information content (AvgIpc) is 2.66. The van der Waals surface area contributed by atoms with Gasteiger partial charge in [0.25, 0.3) is 5.91 Å². The van der Waals surface area contributed by atoms with Gasteiger partial charge in [-0.1, -0.05) is 18.2 Å². The molecule has 3 rings (SSSR count). The number of para-hydroxylation sites is 1. The molecule has 0 aliphatic rings. The van der Waals surface area contributed by atoms with Gasteiger partial charge in [-0.15, -0.1) is 0 Å². The summed E-state index contributed by atoms with van der Waals surface area (Å²) < 4.78 is 0. The first-order valence-electron chi connectivity index (χ1n) is 8.51. The number of carbonyl (C=O) groups is 2. The lowest BCUT2D eigenvalue weighted by Gasteiger charge is -2.11.